The Morgan fingerprint density at radius 1 is 1.06 bits per heavy atom. The van der Waals surface area contributed by atoms with E-state index in [-0.39, 0.29) is 10.8 Å². The van der Waals surface area contributed by atoms with Crippen molar-refractivity contribution < 1.29 is 27.5 Å². The third kappa shape index (κ3) is 6.73. The van der Waals surface area contributed by atoms with E-state index >= 15 is 0 Å². The number of carbonyl (C=O) groups is 3. The van der Waals surface area contributed by atoms with E-state index in [1.807, 2.05) is 0 Å². The molecule has 2 aromatic rings. The van der Waals surface area contributed by atoms with E-state index in [1.54, 1.807) is 24.3 Å². The molecule has 2 amide bonds. The normalized spacial score (nSPS) is 11.4. The lowest BCUT2D eigenvalue weighted by molar-refractivity contribution is -0.121. The highest BCUT2D eigenvalue weighted by atomic mass is 32.2. The molecule has 0 bridgehead atoms. The number of rotatable bonds is 8. The number of likely N-dealkylation sites (N-methyl/N-ethyl adjacent to an activating group) is 1. The number of sulfonamides is 1. The maximum atomic E-state index is 12.6. The van der Waals surface area contributed by atoms with Gasteiger partial charge in [0.05, 0.1) is 30.3 Å². The number of ether oxygens (including phenoxy) is 1. The molecule has 2 aromatic carbocycles. The molecule has 0 heterocycles. The van der Waals surface area contributed by atoms with Gasteiger partial charge in [0.15, 0.2) is 0 Å². The van der Waals surface area contributed by atoms with Crippen molar-refractivity contribution in [3.8, 4) is 0 Å². The van der Waals surface area contributed by atoms with Gasteiger partial charge in [-0.2, -0.15) is 9.41 Å². The number of methoxy groups -OCH3 is 1. The summed E-state index contributed by atoms with van der Waals surface area (Å²) in [6, 6.07) is 11.9. The van der Waals surface area contributed by atoms with Crippen LogP contribution in [0.5, 0.6) is 0 Å². The first kappa shape index (κ1) is 23.7. The van der Waals surface area contributed by atoms with E-state index in [0.29, 0.717) is 16.8 Å². The molecule has 0 aromatic heterocycles. The van der Waals surface area contributed by atoms with Crippen molar-refractivity contribution in [2.45, 2.75) is 11.8 Å². The molecule has 2 N–H and O–H groups in total. The molecule has 0 spiro atoms. The van der Waals surface area contributed by atoms with Gasteiger partial charge in [0, 0.05) is 19.7 Å². The van der Waals surface area contributed by atoms with Gasteiger partial charge in [0.2, 0.25) is 15.9 Å². The maximum absolute atomic E-state index is 12.6. The molecule has 0 saturated heterocycles. The fourth-order valence-corrected chi connectivity index (χ4v) is 3.55. The maximum Gasteiger partial charge on any atom is 0.337 e. The third-order valence-corrected chi connectivity index (χ3v) is 5.80. The highest BCUT2D eigenvalue weighted by Gasteiger charge is 2.22. The Hall–Kier alpha value is -3.57. The quantitative estimate of drug-likeness (QED) is 0.356. The standard InChI is InChI=1S/C20H22N4O6S/c1-14(25)22-17-8-10-18(11-9-17)31(28,29)24(2)13-19(26)23-21-12-15-4-6-16(7-5-15)20(27)30-3/h4-12H,13H2,1-3H3,(H,22,25)(H,23,26)/b21-12-. The molecule has 31 heavy (non-hydrogen) atoms. The summed E-state index contributed by atoms with van der Waals surface area (Å²) in [6.07, 6.45) is 1.36. The Morgan fingerprint density at radius 3 is 2.23 bits per heavy atom. The zero-order valence-corrected chi connectivity index (χ0v) is 18.0. The molecular weight excluding hydrogens is 424 g/mol. The van der Waals surface area contributed by atoms with Crippen LogP contribution in [-0.4, -0.2) is 57.4 Å². The van der Waals surface area contributed by atoms with Crippen LogP contribution in [0.3, 0.4) is 0 Å². The van der Waals surface area contributed by atoms with Crippen molar-refractivity contribution in [1.82, 2.24) is 9.73 Å². The van der Waals surface area contributed by atoms with E-state index in [9.17, 15) is 22.8 Å². The molecule has 0 aliphatic rings. The average Bonchev–Trinajstić information content (AvgIpc) is 2.73. The van der Waals surface area contributed by atoms with Crippen LogP contribution in [0.15, 0.2) is 58.5 Å². The van der Waals surface area contributed by atoms with Gasteiger partial charge in [0.1, 0.15) is 0 Å². The highest BCUT2D eigenvalue weighted by molar-refractivity contribution is 7.89. The number of nitrogens with one attached hydrogen (secondary N) is 2. The molecule has 11 heteroatoms. The smallest absolute Gasteiger partial charge is 0.337 e. The van der Waals surface area contributed by atoms with Crippen LogP contribution in [-0.2, 0) is 24.3 Å². The molecule has 10 nitrogen and oxygen atoms in total. The summed E-state index contributed by atoms with van der Waals surface area (Å²) in [4.78, 5) is 34.5. The minimum Gasteiger partial charge on any atom is -0.465 e. The molecule has 0 unspecified atom stereocenters. The SMILES string of the molecule is COC(=O)c1ccc(/C=N\NC(=O)CN(C)S(=O)(=O)c2ccc(NC(C)=O)cc2)cc1. The first-order valence-electron chi connectivity index (χ1n) is 8.97. The van der Waals surface area contributed by atoms with Crippen LogP contribution in [0.2, 0.25) is 0 Å². The molecule has 0 aliphatic heterocycles. The largest absolute Gasteiger partial charge is 0.465 e. The highest BCUT2D eigenvalue weighted by Crippen LogP contribution is 2.17. The number of esters is 1. The zero-order chi connectivity index (χ0) is 23.0. The Labute approximate surface area is 179 Å². The fourth-order valence-electron chi connectivity index (χ4n) is 2.42. The van der Waals surface area contributed by atoms with Crippen LogP contribution < -0.4 is 10.7 Å². The van der Waals surface area contributed by atoms with E-state index in [1.165, 1.54) is 51.6 Å². The molecule has 0 saturated carbocycles. The minimum atomic E-state index is -3.91. The first-order chi connectivity index (χ1) is 14.6. The number of hydrogen-bond donors (Lipinski definition) is 2. The van der Waals surface area contributed by atoms with Gasteiger partial charge in [-0.05, 0) is 42.0 Å². The van der Waals surface area contributed by atoms with E-state index in [2.05, 4.69) is 20.6 Å². The van der Waals surface area contributed by atoms with Gasteiger partial charge >= 0.3 is 5.97 Å². The van der Waals surface area contributed by atoms with Crippen molar-refractivity contribution in [3.05, 3.63) is 59.7 Å². The fraction of sp³-hybridized carbons (Fsp3) is 0.200. The molecule has 0 fully saturated rings. The first-order valence-corrected chi connectivity index (χ1v) is 10.4. The number of amides is 2. The summed E-state index contributed by atoms with van der Waals surface area (Å²) in [6.45, 7) is 0.894. The minimum absolute atomic E-state index is 0.0221. The number of nitrogens with zero attached hydrogens (tertiary/aromatic N) is 2. The summed E-state index contributed by atoms with van der Waals surface area (Å²) in [5.74, 6) is -1.38. The van der Waals surface area contributed by atoms with Gasteiger partial charge in [-0.3, -0.25) is 9.59 Å². The van der Waals surface area contributed by atoms with Gasteiger partial charge in [-0.1, -0.05) is 12.1 Å². The number of hydrogen-bond acceptors (Lipinski definition) is 7. The van der Waals surface area contributed by atoms with Crippen molar-refractivity contribution in [2.75, 3.05) is 26.0 Å². The van der Waals surface area contributed by atoms with Crippen molar-refractivity contribution in [2.24, 2.45) is 5.10 Å². The average molecular weight is 446 g/mol. The molecular formula is C20H22N4O6S. The summed E-state index contributed by atoms with van der Waals surface area (Å²) in [5, 5.41) is 6.32. The number of hydrazone groups is 1. The lowest BCUT2D eigenvalue weighted by atomic mass is 10.1. The lowest BCUT2D eigenvalue weighted by Crippen LogP contribution is -2.36. The second-order valence-corrected chi connectivity index (χ2v) is 8.42. The molecule has 0 radical (unpaired) electrons. The van der Waals surface area contributed by atoms with Crippen LogP contribution in [0.1, 0.15) is 22.8 Å². The molecule has 0 atom stereocenters. The van der Waals surface area contributed by atoms with E-state index in [0.717, 1.165) is 4.31 Å². The molecule has 2 rings (SSSR count). The number of carbonyl (C=O) groups excluding carboxylic acids is 3. The van der Waals surface area contributed by atoms with Crippen molar-refractivity contribution in [1.29, 1.82) is 0 Å². The van der Waals surface area contributed by atoms with Gasteiger partial charge < -0.3 is 10.1 Å². The van der Waals surface area contributed by atoms with Crippen LogP contribution in [0.25, 0.3) is 0 Å². The summed E-state index contributed by atoms with van der Waals surface area (Å²) in [5.41, 5.74) is 3.70. The Kier molecular flexibility index (Phi) is 8.00. The third-order valence-electron chi connectivity index (χ3n) is 3.98. The molecule has 164 valence electrons. The van der Waals surface area contributed by atoms with Crippen molar-refractivity contribution in [3.63, 3.8) is 0 Å². The Morgan fingerprint density at radius 2 is 1.68 bits per heavy atom. The number of benzene rings is 2. The van der Waals surface area contributed by atoms with Gasteiger partial charge in [-0.15, -0.1) is 0 Å². The second kappa shape index (κ2) is 10.5. The monoisotopic (exact) mass is 446 g/mol. The van der Waals surface area contributed by atoms with E-state index in [4.69, 9.17) is 0 Å². The Bertz CT molecular complexity index is 1080. The Balaban J connectivity index is 1.94. The van der Waals surface area contributed by atoms with E-state index < -0.39 is 28.4 Å². The van der Waals surface area contributed by atoms with Crippen LogP contribution >= 0.6 is 0 Å². The number of anilines is 1. The summed E-state index contributed by atoms with van der Waals surface area (Å²) in [7, 11) is -1.36. The lowest BCUT2D eigenvalue weighted by Gasteiger charge is -2.16. The molecule has 0 aliphatic carbocycles. The summed E-state index contributed by atoms with van der Waals surface area (Å²) < 4.78 is 30.7. The summed E-state index contributed by atoms with van der Waals surface area (Å²) >= 11 is 0. The predicted octanol–water partition coefficient (Wildman–Crippen LogP) is 1.20. The second-order valence-electron chi connectivity index (χ2n) is 6.37. The van der Waals surface area contributed by atoms with Gasteiger partial charge in [0.25, 0.3) is 5.91 Å². The van der Waals surface area contributed by atoms with Gasteiger partial charge in [-0.25, -0.2) is 18.6 Å². The van der Waals surface area contributed by atoms with Crippen molar-refractivity contribution >= 4 is 39.7 Å². The van der Waals surface area contributed by atoms with Crippen LogP contribution in [0.4, 0.5) is 5.69 Å². The topological polar surface area (TPSA) is 134 Å². The van der Waals surface area contributed by atoms with Crippen LogP contribution in [0, 0.1) is 0 Å². The zero-order valence-electron chi connectivity index (χ0n) is 17.2. The predicted molar refractivity (Wildman–Crippen MR) is 114 cm³/mol.